The van der Waals surface area contributed by atoms with Crippen molar-refractivity contribution >= 4 is 21.5 Å². The van der Waals surface area contributed by atoms with Crippen molar-refractivity contribution in [2.45, 2.75) is 38.5 Å². The molecule has 0 fully saturated rings. The summed E-state index contributed by atoms with van der Waals surface area (Å²) in [4.78, 5) is 15.5. The van der Waals surface area contributed by atoms with Gasteiger partial charge in [0.15, 0.2) is 17.5 Å². The van der Waals surface area contributed by atoms with Gasteiger partial charge in [0.25, 0.3) is 0 Å². The zero-order valence-corrected chi connectivity index (χ0v) is 28.6. The maximum Gasteiger partial charge on any atom is 0.165 e. The summed E-state index contributed by atoms with van der Waals surface area (Å²) in [5.41, 5.74) is 13.6. The third-order valence-electron chi connectivity index (χ3n) is 11.3. The first kappa shape index (κ1) is 29.0. The molecule has 2 aliphatic carbocycles. The molecular weight excluding hydrogens is 607 g/mol. The normalized spacial score (nSPS) is 14.7. The first-order valence-electron chi connectivity index (χ1n) is 17.5. The number of aromatic nitrogens is 3. The van der Waals surface area contributed by atoms with Crippen LogP contribution in [0.3, 0.4) is 0 Å². The second kappa shape index (κ2) is 10.3. The van der Waals surface area contributed by atoms with Crippen LogP contribution in [0.1, 0.15) is 49.9 Å². The van der Waals surface area contributed by atoms with E-state index in [1.807, 2.05) is 36.4 Å². The maximum atomic E-state index is 5.25. The molecule has 50 heavy (non-hydrogen) atoms. The van der Waals surface area contributed by atoms with Gasteiger partial charge in [-0.1, -0.05) is 167 Å². The molecule has 3 nitrogen and oxygen atoms in total. The van der Waals surface area contributed by atoms with Crippen LogP contribution in [0.4, 0.5) is 0 Å². The Bertz CT molecular complexity index is 2630. The second-order valence-electron chi connectivity index (χ2n) is 14.8. The van der Waals surface area contributed by atoms with Crippen molar-refractivity contribution in [1.29, 1.82) is 0 Å². The third kappa shape index (κ3) is 3.89. The summed E-state index contributed by atoms with van der Waals surface area (Å²) in [6.07, 6.45) is 0. The molecule has 3 heteroatoms. The fraction of sp³-hybridized carbons (Fsp3) is 0.128. The number of hydrogen-bond acceptors (Lipinski definition) is 3. The van der Waals surface area contributed by atoms with E-state index in [1.165, 1.54) is 60.7 Å². The van der Waals surface area contributed by atoms with Crippen molar-refractivity contribution in [3.8, 4) is 56.4 Å². The van der Waals surface area contributed by atoms with Crippen LogP contribution >= 0.6 is 0 Å². The van der Waals surface area contributed by atoms with Crippen molar-refractivity contribution < 1.29 is 0 Å². The SMILES string of the molecule is CC1(C)c2ccccc2-c2ccc3c(c21)C(C)(C)c1cccc2c(-c4nc(-c5ccccc5)nc(-c5ccccc5)n4)c4ccccc4c-3c12. The van der Waals surface area contributed by atoms with Crippen LogP contribution in [0, 0.1) is 0 Å². The van der Waals surface area contributed by atoms with Crippen molar-refractivity contribution in [2.24, 2.45) is 0 Å². The molecule has 10 rings (SSSR count). The molecule has 1 aromatic heterocycles. The summed E-state index contributed by atoms with van der Waals surface area (Å²) < 4.78 is 0. The first-order chi connectivity index (χ1) is 24.3. The quantitative estimate of drug-likeness (QED) is 0.180. The van der Waals surface area contributed by atoms with Crippen molar-refractivity contribution in [3.63, 3.8) is 0 Å². The molecule has 0 aliphatic heterocycles. The summed E-state index contributed by atoms with van der Waals surface area (Å²) in [5.74, 6) is 2.02. The second-order valence-corrected chi connectivity index (χ2v) is 14.8. The Morgan fingerprint density at radius 3 is 1.52 bits per heavy atom. The molecule has 238 valence electrons. The summed E-state index contributed by atoms with van der Waals surface area (Å²) in [6, 6.07) is 49.9. The zero-order valence-electron chi connectivity index (χ0n) is 28.6. The molecule has 1 heterocycles. The highest BCUT2D eigenvalue weighted by Gasteiger charge is 2.45. The molecule has 0 spiro atoms. The molecule has 8 aromatic rings. The van der Waals surface area contributed by atoms with Gasteiger partial charge in [0.05, 0.1) is 0 Å². The minimum atomic E-state index is -0.254. The van der Waals surface area contributed by atoms with Gasteiger partial charge in [-0.25, -0.2) is 15.0 Å². The Kier molecular flexibility index (Phi) is 5.97. The molecule has 0 unspecified atom stereocenters. The first-order valence-corrected chi connectivity index (χ1v) is 17.5. The van der Waals surface area contributed by atoms with Crippen molar-refractivity contribution in [2.75, 3.05) is 0 Å². The molecule has 0 bridgehead atoms. The Balaban J connectivity index is 1.33. The summed E-state index contributed by atoms with van der Waals surface area (Å²) >= 11 is 0. The van der Waals surface area contributed by atoms with Gasteiger partial charge in [-0.2, -0.15) is 0 Å². The molecule has 0 saturated carbocycles. The van der Waals surface area contributed by atoms with E-state index < -0.39 is 0 Å². The molecule has 0 atom stereocenters. The van der Waals surface area contributed by atoms with Crippen LogP contribution in [-0.4, -0.2) is 15.0 Å². The smallest absolute Gasteiger partial charge is 0.165 e. The van der Waals surface area contributed by atoms with Crippen LogP contribution in [0.5, 0.6) is 0 Å². The fourth-order valence-electron chi connectivity index (χ4n) is 9.06. The highest BCUT2D eigenvalue weighted by Crippen LogP contribution is 2.60. The molecule has 7 aromatic carbocycles. The van der Waals surface area contributed by atoms with Crippen LogP contribution in [0.15, 0.2) is 140 Å². The van der Waals surface area contributed by atoms with Crippen LogP contribution in [0.25, 0.3) is 78.0 Å². The van der Waals surface area contributed by atoms with Crippen LogP contribution in [-0.2, 0) is 10.8 Å². The van der Waals surface area contributed by atoms with Crippen molar-refractivity contribution in [3.05, 3.63) is 162 Å². The van der Waals surface area contributed by atoms with E-state index in [-0.39, 0.29) is 10.8 Å². The topological polar surface area (TPSA) is 38.7 Å². The van der Waals surface area contributed by atoms with E-state index in [0.29, 0.717) is 17.5 Å². The van der Waals surface area contributed by atoms with Gasteiger partial charge >= 0.3 is 0 Å². The van der Waals surface area contributed by atoms with Gasteiger partial charge in [0.2, 0.25) is 0 Å². The van der Waals surface area contributed by atoms with Gasteiger partial charge in [0.1, 0.15) is 0 Å². The van der Waals surface area contributed by atoms with Gasteiger partial charge in [-0.15, -0.1) is 0 Å². The lowest BCUT2D eigenvalue weighted by molar-refractivity contribution is 0.591. The average Bonchev–Trinajstić information content (AvgIpc) is 3.39. The molecule has 0 amide bonds. The summed E-state index contributed by atoms with van der Waals surface area (Å²) in [5, 5.41) is 4.82. The zero-order chi connectivity index (χ0) is 33.8. The van der Waals surface area contributed by atoms with E-state index in [4.69, 9.17) is 15.0 Å². The molecule has 0 saturated heterocycles. The van der Waals surface area contributed by atoms with Gasteiger partial charge < -0.3 is 0 Å². The lowest BCUT2D eigenvalue weighted by atomic mass is 9.63. The van der Waals surface area contributed by atoms with Gasteiger partial charge in [0, 0.05) is 27.5 Å². The average molecular weight is 642 g/mol. The third-order valence-corrected chi connectivity index (χ3v) is 11.3. The molecule has 0 radical (unpaired) electrons. The lowest BCUT2D eigenvalue weighted by Crippen LogP contribution is -2.29. The highest BCUT2D eigenvalue weighted by atomic mass is 15.0. The Morgan fingerprint density at radius 1 is 0.360 bits per heavy atom. The monoisotopic (exact) mass is 641 g/mol. The summed E-state index contributed by atoms with van der Waals surface area (Å²) in [6.45, 7) is 9.64. The van der Waals surface area contributed by atoms with E-state index in [2.05, 4.69) is 131 Å². The van der Waals surface area contributed by atoms with Gasteiger partial charge in [-0.3, -0.25) is 0 Å². The molecule has 0 N–H and O–H groups in total. The van der Waals surface area contributed by atoms with Crippen LogP contribution in [0.2, 0.25) is 0 Å². The maximum absolute atomic E-state index is 5.25. The summed E-state index contributed by atoms with van der Waals surface area (Å²) in [7, 11) is 0. The number of fused-ring (bicyclic) bond motifs is 8. The number of hydrogen-bond donors (Lipinski definition) is 0. The Morgan fingerprint density at radius 2 is 0.840 bits per heavy atom. The van der Waals surface area contributed by atoms with E-state index in [1.54, 1.807) is 0 Å². The highest BCUT2D eigenvalue weighted by molar-refractivity contribution is 6.23. The standard InChI is InChI=1S/C47H35N3/c1-46(2)36-24-14-13-20-30(36)33-26-27-35-38-31-21-11-12-22-32(31)39(34-23-15-25-37(40(34)38)47(3,4)42(35)41(33)46)45-49-43(28-16-7-5-8-17-28)48-44(50-45)29-18-9-6-10-19-29/h5-27H,1-4H3. The van der Waals surface area contributed by atoms with Gasteiger partial charge in [-0.05, 0) is 66.1 Å². The van der Waals surface area contributed by atoms with Crippen LogP contribution < -0.4 is 0 Å². The minimum Gasteiger partial charge on any atom is -0.208 e. The predicted octanol–water partition coefficient (Wildman–Crippen LogP) is 11.8. The molecule has 2 aliphatic rings. The minimum absolute atomic E-state index is 0.123. The fourth-order valence-corrected chi connectivity index (χ4v) is 9.06. The number of nitrogens with zero attached hydrogens (tertiary/aromatic N) is 3. The largest absolute Gasteiger partial charge is 0.208 e. The number of benzene rings is 7. The van der Waals surface area contributed by atoms with E-state index >= 15 is 0 Å². The van der Waals surface area contributed by atoms with E-state index in [0.717, 1.165) is 22.1 Å². The predicted molar refractivity (Wildman–Crippen MR) is 206 cm³/mol. The van der Waals surface area contributed by atoms with Crippen molar-refractivity contribution in [1.82, 2.24) is 15.0 Å². The Hall–Kier alpha value is -5.93. The Labute approximate surface area is 292 Å². The van der Waals surface area contributed by atoms with E-state index in [9.17, 15) is 0 Å². The molecular formula is C47H35N3. The number of rotatable bonds is 3. The lowest BCUT2D eigenvalue weighted by Gasteiger charge is -2.40.